The van der Waals surface area contributed by atoms with Crippen molar-refractivity contribution in [1.29, 1.82) is 0 Å². The molecule has 1 aliphatic carbocycles. The Bertz CT molecular complexity index is 1820. The second-order valence-corrected chi connectivity index (χ2v) is 12.4. The number of halogens is 3. The van der Waals surface area contributed by atoms with Crippen LogP contribution in [0.3, 0.4) is 0 Å². The Morgan fingerprint density at radius 3 is 2.57 bits per heavy atom. The fourth-order valence-corrected chi connectivity index (χ4v) is 6.03. The molecule has 10 nitrogen and oxygen atoms in total. The molecule has 258 valence electrons. The number of hydrogen-bond donors (Lipinski definition) is 2. The van der Waals surface area contributed by atoms with E-state index in [1.54, 1.807) is 0 Å². The summed E-state index contributed by atoms with van der Waals surface area (Å²) in [6.07, 6.45) is 4.73. The molecule has 1 amide bonds. The second kappa shape index (κ2) is 15.4. The lowest BCUT2D eigenvalue weighted by Crippen LogP contribution is -2.34. The summed E-state index contributed by atoms with van der Waals surface area (Å²) in [6, 6.07) is 9.70. The number of nitrogens with one attached hydrogen (secondary N) is 2. The molecule has 0 unspecified atom stereocenters. The maximum atomic E-state index is 15.2. The predicted octanol–water partition coefficient (Wildman–Crippen LogP) is 6.23. The molecule has 3 heterocycles. The van der Waals surface area contributed by atoms with E-state index >= 15 is 8.78 Å². The van der Waals surface area contributed by atoms with Gasteiger partial charge < -0.3 is 29.7 Å². The van der Waals surface area contributed by atoms with Crippen molar-refractivity contribution >= 4 is 45.5 Å². The van der Waals surface area contributed by atoms with Gasteiger partial charge in [0.1, 0.15) is 35.7 Å². The topological polar surface area (TPSA) is 111 Å². The van der Waals surface area contributed by atoms with Gasteiger partial charge in [0.15, 0.2) is 11.6 Å². The average Bonchev–Trinajstić information content (AvgIpc) is 3.95. The van der Waals surface area contributed by atoms with Crippen molar-refractivity contribution in [1.82, 2.24) is 19.9 Å². The van der Waals surface area contributed by atoms with Crippen LogP contribution < -0.4 is 20.1 Å². The van der Waals surface area contributed by atoms with Crippen LogP contribution in [-0.2, 0) is 22.6 Å². The Hall–Kier alpha value is -4.40. The van der Waals surface area contributed by atoms with Gasteiger partial charge in [-0.3, -0.25) is 4.79 Å². The summed E-state index contributed by atoms with van der Waals surface area (Å²) >= 11 is 5.45. The SMILES string of the molecule is CCc1nc2c(COc3ccc(NC(=S)C4(C(=O)Nc5ccc(F)cc5)CC4)c(F)c3F)ncnc2cc1OCCCN1CCCOCC1. The number of nitrogens with zero attached hydrogens (tertiary/aromatic N) is 4. The van der Waals surface area contributed by atoms with Gasteiger partial charge in [0.25, 0.3) is 0 Å². The summed E-state index contributed by atoms with van der Waals surface area (Å²) in [4.78, 5) is 28.8. The summed E-state index contributed by atoms with van der Waals surface area (Å²) in [5.41, 5.74) is 1.25. The van der Waals surface area contributed by atoms with Gasteiger partial charge in [-0.05, 0) is 68.5 Å². The predicted molar refractivity (Wildman–Crippen MR) is 182 cm³/mol. The van der Waals surface area contributed by atoms with E-state index in [4.69, 9.17) is 31.4 Å². The van der Waals surface area contributed by atoms with Gasteiger partial charge in [-0.1, -0.05) is 19.1 Å². The number of hydrogen-bond acceptors (Lipinski definition) is 9. The molecule has 1 aliphatic heterocycles. The van der Waals surface area contributed by atoms with E-state index in [1.165, 1.54) is 42.7 Å². The molecule has 0 atom stereocenters. The van der Waals surface area contributed by atoms with Crippen molar-refractivity contribution in [2.45, 2.75) is 45.6 Å². The Morgan fingerprint density at radius 2 is 1.80 bits per heavy atom. The van der Waals surface area contributed by atoms with Crippen molar-refractivity contribution in [3.05, 3.63) is 77.6 Å². The second-order valence-electron chi connectivity index (χ2n) is 12.0. The number of benzene rings is 2. The molecule has 1 saturated heterocycles. The maximum Gasteiger partial charge on any atom is 0.237 e. The molecule has 6 rings (SSSR count). The summed E-state index contributed by atoms with van der Waals surface area (Å²) in [5.74, 6) is -2.96. The summed E-state index contributed by atoms with van der Waals surface area (Å²) < 4.78 is 61.0. The highest BCUT2D eigenvalue weighted by Gasteiger charge is 2.54. The number of pyridine rings is 1. The average molecular weight is 695 g/mol. The first-order chi connectivity index (χ1) is 23.8. The molecule has 0 spiro atoms. The van der Waals surface area contributed by atoms with Gasteiger partial charge in [-0.15, -0.1) is 0 Å². The van der Waals surface area contributed by atoms with E-state index in [0.717, 1.165) is 51.4 Å². The van der Waals surface area contributed by atoms with Crippen LogP contribution in [0.25, 0.3) is 11.0 Å². The smallest absolute Gasteiger partial charge is 0.237 e. The van der Waals surface area contributed by atoms with Crippen molar-refractivity contribution in [3.8, 4) is 11.5 Å². The highest BCUT2D eigenvalue weighted by atomic mass is 32.1. The van der Waals surface area contributed by atoms with Gasteiger partial charge in [0.05, 0.1) is 40.5 Å². The van der Waals surface area contributed by atoms with Crippen LogP contribution in [-0.4, -0.2) is 70.2 Å². The molecule has 2 N–H and O–H groups in total. The number of aromatic nitrogens is 3. The number of ether oxygens (including phenoxy) is 3. The molecule has 4 aromatic rings. The zero-order valence-electron chi connectivity index (χ0n) is 27.1. The number of carbonyl (C=O) groups is 1. The van der Waals surface area contributed by atoms with Crippen LogP contribution in [0.2, 0.25) is 0 Å². The van der Waals surface area contributed by atoms with Gasteiger partial charge in [-0.2, -0.15) is 4.39 Å². The first-order valence-electron chi connectivity index (χ1n) is 16.3. The fourth-order valence-electron chi connectivity index (χ4n) is 5.63. The molecular weight excluding hydrogens is 657 g/mol. The molecule has 0 radical (unpaired) electrons. The molecule has 2 aromatic carbocycles. The number of amides is 1. The molecule has 2 aromatic heterocycles. The fraction of sp³-hybridized carbons (Fsp3) is 0.400. The number of carbonyl (C=O) groups excluding carboxylic acids is 1. The van der Waals surface area contributed by atoms with E-state index in [-0.39, 0.29) is 23.0 Å². The molecule has 49 heavy (non-hydrogen) atoms. The minimum atomic E-state index is -1.22. The third-order valence-electron chi connectivity index (χ3n) is 8.63. The minimum Gasteiger partial charge on any atom is -0.492 e. The summed E-state index contributed by atoms with van der Waals surface area (Å²) in [6.45, 7) is 6.74. The Kier molecular flexibility index (Phi) is 10.9. The minimum absolute atomic E-state index is 0.0557. The summed E-state index contributed by atoms with van der Waals surface area (Å²) in [7, 11) is 0. The van der Waals surface area contributed by atoms with Crippen LogP contribution in [0.15, 0.2) is 48.8 Å². The van der Waals surface area contributed by atoms with Crippen molar-refractivity contribution in [2.75, 3.05) is 50.1 Å². The Morgan fingerprint density at radius 1 is 0.980 bits per heavy atom. The Labute approximate surface area is 287 Å². The third-order valence-corrected chi connectivity index (χ3v) is 9.13. The van der Waals surface area contributed by atoms with Crippen LogP contribution in [0, 0.1) is 22.9 Å². The van der Waals surface area contributed by atoms with Crippen LogP contribution in [0.4, 0.5) is 24.5 Å². The maximum absolute atomic E-state index is 15.2. The third kappa shape index (κ3) is 8.09. The van der Waals surface area contributed by atoms with Crippen LogP contribution in [0.5, 0.6) is 11.5 Å². The standard InChI is InChI=1S/C35H37F3N6O4S/c1-2-24-29(47-17-4-14-44-13-3-16-46-18-15-44)19-26-32(42-24)27(40-21-39-26)20-48-28-10-9-25(30(37)31(28)38)43-34(49)35(11-12-35)33(45)41-23-7-5-22(36)6-8-23/h5-10,19,21H,2-4,11-18,20H2,1H3,(H,41,45)(H,43,49). The highest BCUT2D eigenvalue weighted by Crippen LogP contribution is 2.48. The first kappa shape index (κ1) is 34.5. The van der Waals surface area contributed by atoms with Crippen molar-refractivity contribution < 1.29 is 32.2 Å². The van der Waals surface area contributed by atoms with Gasteiger partial charge in [0.2, 0.25) is 11.7 Å². The molecule has 14 heteroatoms. The van der Waals surface area contributed by atoms with Gasteiger partial charge in [-0.25, -0.2) is 23.7 Å². The first-order valence-corrected chi connectivity index (χ1v) is 16.7. The number of thiocarbonyl (C=S) groups is 1. The number of fused-ring (bicyclic) bond motifs is 1. The summed E-state index contributed by atoms with van der Waals surface area (Å²) in [5, 5.41) is 5.40. The molecule has 2 aliphatic rings. The number of aryl methyl sites for hydroxylation is 1. The highest BCUT2D eigenvalue weighted by molar-refractivity contribution is 7.80. The lowest BCUT2D eigenvalue weighted by atomic mass is 10.1. The molecule has 2 fully saturated rings. The van der Waals surface area contributed by atoms with Gasteiger partial charge in [0, 0.05) is 38.0 Å². The van der Waals surface area contributed by atoms with E-state index in [9.17, 15) is 9.18 Å². The molecule has 0 bridgehead atoms. The molecular formula is C35H37F3N6O4S. The van der Waals surface area contributed by atoms with Crippen molar-refractivity contribution in [2.24, 2.45) is 5.41 Å². The normalized spacial score (nSPS) is 15.8. The monoisotopic (exact) mass is 694 g/mol. The number of anilines is 2. The van der Waals surface area contributed by atoms with Crippen molar-refractivity contribution in [3.63, 3.8) is 0 Å². The Balaban J connectivity index is 1.08. The number of rotatable bonds is 13. The largest absolute Gasteiger partial charge is 0.492 e. The van der Waals surface area contributed by atoms with Crippen LogP contribution >= 0.6 is 12.2 Å². The zero-order valence-corrected chi connectivity index (χ0v) is 27.9. The quantitative estimate of drug-likeness (QED) is 0.123. The zero-order chi connectivity index (χ0) is 34.4. The van der Waals surface area contributed by atoms with E-state index in [0.29, 0.717) is 54.0 Å². The van der Waals surface area contributed by atoms with Crippen LogP contribution in [0.1, 0.15) is 44.0 Å². The molecule has 1 saturated carbocycles. The van der Waals surface area contributed by atoms with E-state index in [1.807, 2.05) is 13.0 Å². The van der Waals surface area contributed by atoms with E-state index in [2.05, 4.69) is 25.5 Å². The lowest BCUT2D eigenvalue weighted by molar-refractivity contribution is -0.118. The van der Waals surface area contributed by atoms with Gasteiger partial charge >= 0.3 is 0 Å². The lowest BCUT2D eigenvalue weighted by Gasteiger charge is -2.19. The van der Waals surface area contributed by atoms with E-state index < -0.39 is 28.8 Å².